The third-order valence-electron chi connectivity index (χ3n) is 5.11. The minimum absolute atomic E-state index is 0.292. The molecule has 0 aromatic carbocycles. The van der Waals surface area contributed by atoms with Crippen LogP contribution < -0.4 is 5.32 Å². The second-order valence-corrected chi connectivity index (χ2v) is 6.08. The molecular formula is C16H25NO2. The van der Waals surface area contributed by atoms with Gasteiger partial charge in [-0.15, -0.1) is 0 Å². The van der Waals surface area contributed by atoms with Gasteiger partial charge < -0.3 is 14.5 Å². The molecule has 3 heteroatoms. The summed E-state index contributed by atoms with van der Waals surface area (Å²) >= 11 is 0. The second kappa shape index (κ2) is 5.29. The van der Waals surface area contributed by atoms with Gasteiger partial charge in [0.2, 0.25) is 0 Å². The van der Waals surface area contributed by atoms with Crippen molar-refractivity contribution in [1.29, 1.82) is 0 Å². The first-order valence-electron chi connectivity index (χ1n) is 7.67. The predicted molar refractivity (Wildman–Crippen MR) is 75.0 cm³/mol. The molecule has 2 aliphatic rings. The Morgan fingerprint density at radius 3 is 2.89 bits per heavy atom. The fourth-order valence-corrected chi connectivity index (χ4v) is 4.04. The Kier molecular flexibility index (Phi) is 3.68. The highest BCUT2D eigenvalue weighted by Gasteiger charge is 2.56. The fraction of sp³-hybridized carbons (Fsp3) is 0.750. The van der Waals surface area contributed by atoms with Crippen LogP contribution in [0.5, 0.6) is 0 Å². The molecule has 2 saturated carbocycles. The molecule has 1 N–H and O–H groups in total. The van der Waals surface area contributed by atoms with Crippen LogP contribution in [0.4, 0.5) is 0 Å². The molecule has 19 heavy (non-hydrogen) atoms. The summed E-state index contributed by atoms with van der Waals surface area (Å²) in [5.41, 5.74) is 0.400. The monoisotopic (exact) mass is 263 g/mol. The zero-order chi connectivity index (χ0) is 13.3. The van der Waals surface area contributed by atoms with Gasteiger partial charge >= 0.3 is 0 Å². The summed E-state index contributed by atoms with van der Waals surface area (Å²) in [7, 11) is 0. The summed E-state index contributed by atoms with van der Waals surface area (Å²) in [6.45, 7) is 5.14. The molecule has 1 aromatic rings. The summed E-state index contributed by atoms with van der Waals surface area (Å²) in [5, 5.41) is 3.77. The average Bonchev–Trinajstić information content (AvgIpc) is 3.09. The van der Waals surface area contributed by atoms with Crippen LogP contribution in [0.1, 0.15) is 57.8 Å². The van der Waals surface area contributed by atoms with E-state index in [9.17, 15) is 0 Å². The van der Waals surface area contributed by atoms with E-state index in [4.69, 9.17) is 9.15 Å². The van der Waals surface area contributed by atoms with Crippen molar-refractivity contribution in [2.24, 2.45) is 5.41 Å². The molecule has 0 amide bonds. The maximum absolute atomic E-state index is 5.95. The molecule has 3 rings (SSSR count). The summed E-state index contributed by atoms with van der Waals surface area (Å²) in [6, 6.07) is 4.90. The van der Waals surface area contributed by atoms with Crippen LogP contribution in [-0.2, 0) is 4.74 Å². The summed E-state index contributed by atoms with van der Waals surface area (Å²) in [6.07, 6.45) is 8.73. The van der Waals surface area contributed by atoms with Crippen LogP contribution in [-0.4, -0.2) is 18.8 Å². The molecule has 2 aliphatic carbocycles. The van der Waals surface area contributed by atoms with Gasteiger partial charge in [0, 0.05) is 18.1 Å². The Hall–Kier alpha value is -0.800. The van der Waals surface area contributed by atoms with Gasteiger partial charge in [-0.25, -0.2) is 0 Å². The molecule has 1 aromatic heterocycles. The number of rotatable bonds is 5. The Bertz CT molecular complexity index is 395. The molecular weight excluding hydrogens is 238 g/mol. The lowest BCUT2D eigenvalue weighted by Crippen LogP contribution is -2.62. The molecule has 0 radical (unpaired) electrons. The van der Waals surface area contributed by atoms with Gasteiger partial charge in [-0.2, -0.15) is 0 Å². The predicted octanol–water partition coefficient (Wildman–Crippen LogP) is 3.67. The van der Waals surface area contributed by atoms with E-state index in [1.807, 2.05) is 6.07 Å². The van der Waals surface area contributed by atoms with Crippen molar-refractivity contribution in [3.05, 3.63) is 24.2 Å². The van der Waals surface area contributed by atoms with E-state index >= 15 is 0 Å². The number of hydrogen-bond acceptors (Lipinski definition) is 3. The molecule has 3 nitrogen and oxygen atoms in total. The summed E-state index contributed by atoms with van der Waals surface area (Å²) in [5.74, 6) is 1.04. The van der Waals surface area contributed by atoms with E-state index in [1.54, 1.807) is 6.26 Å². The van der Waals surface area contributed by atoms with Gasteiger partial charge in [0.15, 0.2) is 0 Å². The summed E-state index contributed by atoms with van der Waals surface area (Å²) in [4.78, 5) is 0. The number of hydrogen-bond donors (Lipinski definition) is 1. The lowest BCUT2D eigenvalue weighted by atomic mass is 9.60. The lowest BCUT2D eigenvalue weighted by Gasteiger charge is -2.55. The smallest absolute Gasteiger partial charge is 0.120 e. The molecule has 1 heterocycles. The largest absolute Gasteiger partial charge is 0.468 e. The van der Waals surface area contributed by atoms with Crippen LogP contribution in [0.25, 0.3) is 0 Å². The van der Waals surface area contributed by atoms with E-state index in [0.29, 0.717) is 23.6 Å². The zero-order valence-corrected chi connectivity index (χ0v) is 12.0. The highest BCUT2D eigenvalue weighted by molar-refractivity contribution is 5.12. The topological polar surface area (TPSA) is 34.4 Å². The normalized spacial score (nSPS) is 30.4. The van der Waals surface area contributed by atoms with Crippen LogP contribution in [0.15, 0.2) is 22.8 Å². The van der Waals surface area contributed by atoms with E-state index in [1.165, 1.54) is 25.7 Å². The Balaban J connectivity index is 1.65. The van der Waals surface area contributed by atoms with Gasteiger partial charge in [0.1, 0.15) is 5.76 Å². The van der Waals surface area contributed by atoms with Crippen molar-refractivity contribution < 1.29 is 9.15 Å². The molecule has 1 spiro atoms. The number of nitrogens with one attached hydrogen (secondary N) is 1. The third kappa shape index (κ3) is 2.23. The highest BCUT2D eigenvalue weighted by atomic mass is 16.5. The quantitative estimate of drug-likeness (QED) is 0.880. The zero-order valence-electron chi connectivity index (χ0n) is 12.0. The number of ether oxygens (including phenoxy) is 1. The average molecular weight is 263 g/mol. The SMILES string of the molecule is CCOC1CC(N[C@@H](C)c2ccco2)C12CCCC2. The van der Waals surface area contributed by atoms with Gasteiger partial charge in [0.05, 0.1) is 18.4 Å². The first-order chi connectivity index (χ1) is 9.26. The standard InChI is InChI=1S/C16H25NO2/c1-3-18-15-11-14(16(15)8-4-5-9-16)17-12(2)13-7-6-10-19-13/h6-7,10,12,14-15,17H,3-5,8-9,11H2,1-2H3/t12-,14?,15?/m0/s1. The van der Waals surface area contributed by atoms with Crippen molar-refractivity contribution >= 4 is 0 Å². The van der Waals surface area contributed by atoms with Crippen LogP contribution in [0, 0.1) is 5.41 Å². The summed E-state index contributed by atoms with van der Waals surface area (Å²) < 4.78 is 11.5. The molecule has 2 unspecified atom stereocenters. The Morgan fingerprint density at radius 2 is 2.26 bits per heavy atom. The van der Waals surface area contributed by atoms with E-state index in [-0.39, 0.29) is 0 Å². The molecule has 2 fully saturated rings. The van der Waals surface area contributed by atoms with Gasteiger partial charge in [-0.05, 0) is 45.2 Å². The lowest BCUT2D eigenvalue weighted by molar-refractivity contribution is -0.132. The molecule has 0 bridgehead atoms. The first-order valence-corrected chi connectivity index (χ1v) is 7.67. The molecule has 0 saturated heterocycles. The fourth-order valence-electron chi connectivity index (χ4n) is 4.04. The Morgan fingerprint density at radius 1 is 1.47 bits per heavy atom. The minimum atomic E-state index is 0.292. The van der Waals surface area contributed by atoms with Crippen molar-refractivity contribution in [3.63, 3.8) is 0 Å². The van der Waals surface area contributed by atoms with Crippen molar-refractivity contribution in [2.75, 3.05) is 6.61 Å². The molecule has 0 aliphatic heterocycles. The maximum Gasteiger partial charge on any atom is 0.120 e. The van der Waals surface area contributed by atoms with Gasteiger partial charge in [-0.3, -0.25) is 0 Å². The van der Waals surface area contributed by atoms with E-state index in [2.05, 4.69) is 25.2 Å². The number of furan rings is 1. The van der Waals surface area contributed by atoms with Gasteiger partial charge in [-0.1, -0.05) is 12.8 Å². The van der Waals surface area contributed by atoms with Crippen molar-refractivity contribution in [3.8, 4) is 0 Å². The first kappa shape index (κ1) is 13.2. The Labute approximate surface area is 115 Å². The van der Waals surface area contributed by atoms with Crippen molar-refractivity contribution in [2.45, 2.75) is 64.1 Å². The van der Waals surface area contributed by atoms with E-state index < -0.39 is 0 Å². The highest BCUT2D eigenvalue weighted by Crippen LogP contribution is 2.55. The van der Waals surface area contributed by atoms with Crippen molar-refractivity contribution in [1.82, 2.24) is 5.32 Å². The van der Waals surface area contributed by atoms with E-state index in [0.717, 1.165) is 18.8 Å². The van der Waals surface area contributed by atoms with Gasteiger partial charge in [0.25, 0.3) is 0 Å². The maximum atomic E-state index is 5.95. The van der Waals surface area contributed by atoms with Crippen LogP contribution >= 0.6 is 0 Å². The van der Waals surface area contributed by atoms with Crippen LogP contribution in [0.3, 0.4) is 0 Å². The third-order valence-corrected chi connectivity index (χ3v) is 5.11. The molecule has 106 valence electrons. The molecule has 3 atom stereocenters. The second-order valence-electron chi connectivity index (χ2n) is 6.08. The van der Waals surface area contributed by atoms with Crippen LogP contribution in [0.2, 0.25) is 0 Å². The minimum Gasteiger partial charge on any atom is -0.468 e.